The van der Waals surface area contributed by atoms with Gasteiger partial charge in [0.25, 0.3) is 0 Å². The average Bonchev–Trinajstić information content (AvgIpc) is 2.70. The van der Waals surface area contributed by atoms with E-state index in [4.69, 9.17) is 23.2 Å². The molecule has 28 heavy (non-hydrogen) atoms. The van der Waals surface area contributed by atoms with Gasteiger partial charge in [-0.2, -0.15) is 0 Å². The molecule has 0 radical (unpaired) electrons. The number of rotatable bonds is 4. The molecule has 0 aliphatic carbocycles. The van der Waals surface area contributed by atoms with Gasteiger partial charge in [0.05, 0.1) is 9.92 Å². The van der Waals surface area contributed by atoms with Crippen molar-refractivity contribution >= 4 is 33.0 Å². The van der Waals surface area contributed by atoms with E-state index in [2.05, 4.69) is 22.3 Å². The van der Waals surface area contributed by atoms with E-state index < -0.39 is 15.2 Å². The second-order valence-corrected chi connectivity index (χ2v) is 10.5. The molecule has 4 rings (SSSR count). The lowest BCUT2D eigenvalue weighted by molar-refractivity contribution is 0.162. The molecule has 150 valence electrons. The highest BCUT2D eigenvalue weighted by atomic mass is 35.5. The summed E-state index contributed by atoms with van der Waals surface area (Å²) in [5, 5.41) is 3.37. The van der Waals surface area contributed by atoms with E-state index in [0.717, 1.165) is 32.4 Å². The molecule has 7 heteroatoms. The Morgan fingerprint density at radius 1 is 1.11 bits per heavy atom. The molecule has 0 bridgehead atoms. The second-order valence-electron chi connectivity index (χ2n) is 7.61. The Kier molecular flexibility index (Phi) is 6.00. The van der Waals surface area contributed by atoms with Gasteiger partial charge in [0.1, 0.15) is 5.37 Å². The average molecular weight is 439 g/mol. The topological polar surface area (TPSA) is 49.4 Å². The van der Waals surface area contributed by atoms with Crippen molar-refractivity contribution < 1.29 is 8.42 Å². The van der Waals surface area contributed by atoms with Crippen LogP contribution in [0.15, 0.2) is 47.4 Å². The Morgan fingerprint density at radius 3 is 2.64 bits per heavy atom. The van der Waals surface area contributed by atoms with Crippen LogP contribution in [0.4, 0.5) is 0 Å². The van der Waals surface area contributed by atoms with Crippen molar-refractivity contribution in [3.05, 3.63) is 63.6 Å². The number of benzene rings is 2. The van der Waals surface area contributed by atoms with Crippen LogP contribution in [0.1, 0.15) is 24.0 Å². The van der Waals surface area contributed by atoms with Crippen molar-refractivity contribution in [1.82, 2.24) is 10.2 Å². The Bertz CT molecular complexity index is 959. The fourth-order valence-corrected chi connectivity index (χ4v) is 7.31. The van der Waals surface area contributed by atoms with E-state index in [9.17, 15) is 8.42 Å². The summed E-state index contributed by atoms with van der Waals surface area (Å²) in [5.41, 5.74) is 2.51. The second kappa shape index (κ2) is 8.33. The Labute approximate surface area is 176 Å². The van der Waals surface area contributed by atoms with Crippen LogP contribution >= 0.6 is 23.2 Å². The standard InChI is InChI=1S/C21H24Cl2N2O2S/c22-18-7-8-19(23)20(12-18)28(26,27)21(16-6-3-10-24-13-16)25-11-9-15-4-1-2-5-17(15)14-25/h1-2,4-5,7-8,12,16,21,24H,3,6,9-11,13-14H2. The highest BCUT2D eigenvalue weighted by molar-refractivity contribution is 7.92. The van der Waals surface area contributed by atoms with E-state index in [1.807, 2.05) is 12.1 Å². The molecule has 1 saturated heterocycles. The summed E-state index contributed by atoms with van der Waals surface area (Å²) in [6, 6.07) is 13.0. The zero-order chi connectivity index (χ0) is 19.7. The highest BCUT2D eigenvalue weighted by Gasteiger charge is 2.41. The Morgan fingerprint density at radius 2 is 1.89 bits per heavy atom. The molecule has 0 spiro atoms. The van der Waals surface area contributed by atoms with Gasteiger partial charge in [-0.3, -0.25) is 4.90 Å². The van der Waals surface area contributed by atoms with Gasteiger partial charge >= 0.3 is 0 Å². The Balaban J connectivity index is 1.75. The molecule has 2 heterocycles. The van der Waals surface area contributed by atoms with E-state index in [1.54, 1.807) is 12.1 Å². The number of sulfone groups is 1. The minimum Gasteiger partial charge on any atom is -0.316 e. The van der Waals surface area contributed by atoms with Gasteiger partial charge in [-0.05, 0) is 55.1 Å². The van der Waals surface area contributed by atoms with Crippen molar-refractivity contribution in [3.63, 3.8) is 0 Å². The molecule has 2 atom stereocenters. The predicted octanol–water partition coefficient (Wildman–Crippen LogP) is 4.15. The van der Waals surface area contributed by atoms with E-state index in [1.165, 1.54) is 17.2 Å². The monoisotopic (exact) mass is 438 g/mol. The summed E-state index contributed by atoms with van der Waals surface area (Å²) < 4.78 is 27.6. The van der Waals surface area contributed by atoms with Gasteiger partial charge in [-0.1, -0.05) is 47.5 Å². The van der Waals surface area contributed by atoms with Crippen LogP contribution < -0.4 is 5.32 Å². The fourth-order valence-electron chi connectivity index (χ4n) is 4.43. The number of nitrogens with zero attached hydrogens (tertiary/aromatic N) is 1. The van der Waals surface area contributed by atoms with E-state index >= 15 is 0 Å². The van der Waals surface area contributed by atoms with Gasteiger partial charge in [-0.25, -0.2) is 8.42 Å². The van der Waals surface area contributed by atoms with E-state index in [-0.39, 0.29) is 15.8 Å². The van der Waals surface area contributed by atoms with Gasteiger partial charge in [0, 0.05) is 30.6 Å². The third kappa shape index (κ3) is 3.96. The summed E-state index contributed by atoms with van der Waals surface area (Å²) in [5.74, 6) is 0.0130. The maximum absolute atomic E-state index is 13.8. The number of piperidine rings is 1. The molecule has 0 aromatic heterocycles. The van der Waals surface area contributed by atoms with Crippen LogP contribution in [-0.4, -0.2) is 38.3 Å². The normalized spacial score (nSPS) is 21.9. The number of fused-ring (bicyclic) bond motifs is 1. The summed E-state index contributed by atoms with van der Waals surface area (Å²) in [4.78, 5) is 2.25. The van der Waals surface area contributed by atoms with Crippen LogP contribution in [0.5, 0.6) is 0 Å². The molecule has 2 aliphatic rings. The van der Waals surface area contributed by atoms with Crippen LogP contribution in [0.25, 0.3) is 0 Å². The molecular formula is C21H24Cl2N2O2S. The van der Waals surface area contributed by atoms with Gasteiger partial charge in [0.15, 0.2) is 9.84 Å². The van der Waals surface area contributed by atoms with Crippen LogP contribution in [0, 0.1) is 5.92 Å². The Hall–Kier alpha value is -1.11. The molecule has 1 fully saturated rings. The SMILES string of the molecule is O=S(=O)(c1cc(Cl)ccc1Cl)C(C1CCCNC1)N1CCc2ccccc2C1. The lowest BCUT2D eigenvalue weighted by atomic mass is 9.95. The maximum Gasteiger partial charge on any atom is 0.196 e. The first-order valence-electron chi connectivity index (χ1n) is 9.67. The minimum atomic E-state index is -3.69. The summed E-state index contributed by atoms with van der Waals surface area (Å²) in [6.45, 7) is 2.98. The van der Waals surface area contributed by atoms with Crippen molar-refractivity contribution in [2.24, 2.45) is 5.92 Å². The number of hydrogen-bond donors (Lipinski definition) is 1. The van der Waals surface area contributed by atoms with E-state index in [0.29, 0.717) is 18.1 Å². The largest absolute Gasteiger partial charge is 0.316 e. The molecule has 4 nitrogen and oxygen atoms in total. The minimum absolute atomic E-state index is 0.0130. The molecule has 2 aromatic rings. The predicted molar refractivity (Wildman–Crippen MR) is 114 cm³/mol. The third-order valence-corrected chi connectivity index (χ3v) is 8.72. The highest BCUT2D eigenvalue weighted by Crippen LogP contribution is 2.35. The summed E-state index contributed by atoms with van der Waals surface area (Å²) in [7, 11) is -3.69. The lowest BCUT2D eigenvalue weighted by Crippen LogP contribution is -2.52. The van der Waals surface area contributed by atoms with Gasteiger partial charge in [0.2, 0.25) is 0 Å². The van der Waals surface area contributed by atoms with Gasteiger partial charge in [-0.15, -0.1) is 0 Å². The first kappa shape index (κ1) is 20.2. The van der Waals surface area contributed by atoms with Crippen molar-refractivity contribution in [2.45, 2.75) is 36.1 Å². The maximum atomic E-state index is 13.8. The number of hydrogen-bond acceptors (Lipinski definition) is 4. The molecule has 2 aromatic carbocycles. The molecule has 2 unspecified atom stereocenters. The first-order chi connectivity index (χ1) is 13.5. The first-order valence-corrected chi connectivity index (χ1v) is 12.0. The molecule has 0 amide bonds. The molecule has 2 aliphatic heterocycles. The zero-order valence-electron chi connectivity index (χ0n) is 15.6. The van der Waals surface area contributed by atoms with Crippen LogP contribution in [-0.2, 0) is 22.8 Å². The smallest absolute Gasteiger partial charge is 0.196 e. The van der Waals surface area contributed by atoms with Crippen LogP contribution in [0.3, 0.4) is 0 Å². The quantitative estimate of drug-likeness (QED) is 0.778. The van der Waals surface area contributed by atoms with Crippen molar-refractivity contribution in [3.8, 4) is 0 Å². The molecular weight excluding hydrogens is 415 g/mol. The summed E-state index contributed by atoms with van der Waals surface area (Å²) >= 11 is 12.4. The van der Waals surface area contributed by atoms with Crippen LogP contribution in [0.2, 0.25) is 10.0 Å². The summed E-state index contributed by atoms with van der Waals surface area (Å²) in [6.07, 6.45) is 2.71. The van der Waals surface area contributed by atoms with Gasteiger partial charge < -0.3 is 5.32 Å². The molecule has 1 N–H and O–H groups in total. The zero-order valence-corrected chi connectivity index (χ0v) is 17.9. The third-order valence-electron chi connectivity index (χ3n) is 5.78. The molecule has 0 saturated carbocycles. The van der Waals surface area contributed by atoms with Crippen molar-refractivity contribution in [1.29, 1.82) is 0 Å². The number of halogens is 2. The lowest BCUT2D eigenvalue weighted by Gasteiger charge is -2.40. The number of nitrogens with one attached hydrogen (secondary N) is 1. The fraction of sp³-hybridized carbons (Fsp3) is 0.429. The van der Waals surface area contributed by atoms with Crippen molar-refractivity contribution in [2.75, 3.05) is 19.6 Å².